The molecule has 126 valence electrons. The number of amides is 2. The van der Waals surface area contributed by atoms with Crippen molar-refractivity contribution in [3.8, 4) is 5.75 Å². The molecule has 0 saturated carbocycles. The lowest BCUT2D eigenvalue weighted by molar-refractivity contribution is -0.121. The first-order valence-corrected chi connectivity index (χ1v) is 8.63. The second-order valence-corrected chi connectivity index (χ2v) is 6.81. The van der Waals surface area contributed by atoms with Crippen molar-refractivity contribution < 1.29 is 19.4 Å². The van der Waals surface area contributed by atoms with Crippen LogP contribution in [0.1, 0.15) is 20.3 Å². The van der Waals surface area contributed by atoms with Crippen LogP contribution in [0, 0.1) is 0 Å². The number of hydrogen-bond acceptors (Lipinski definition) is 6. The first-order chi connectivity index (χ1) is 11.0. The summed E-state index contributed by atoms with van der Waals surface area (Å²) in [6, 6.07) is 7.27. The topological polar surface area (TPSA) is 78.9 Å². The van der Waals surface area contributed by atoms with Crippen molar-refractivity contribution in [1.29, 1.82) is 0 Å². The van der Waals surface area contributed by atoms with Crippen LogP contribution < -0.4 is 15.0 Å². The molecule has 0 aromatic heterocycles. The largest absolute Gasteiger partial charge is 0.478 e. The Labute approximate surface area is 140 Å². The molecule has 6 nitrogen and oxygen atoms in total. The predicted octanol–water partition coefficient (Wildman–Crippen LogP) is 1.38. The minimum atomic E-state index is -0.415. The van der Waals surface area contributed by atoms with Crippen molar-refractivity contribution in [3.63, 3.8) is 0 Å². The molecule has 1 aromatic rings. The predicted molar refractivity (Wildman–Crippen MR) is 90.7 cm³/mol. The van der Waals surface area contributed by atoms with Gasteiger partial charge in [-0.3, -0.25) is 14.9 Å². The van der Waals surface area contributed by atoms with E-state index in [9.17, 15) is 9.59 Å². The number of carbonyl (C=O) groups is 2. The van der Waals surface area contributed by atoms with Crippen LogP contribution in [-0.4, -0.2) is 47.3 Å². The SMILES string of the molecule is CC(C)NCOc1cccc(N2C(=O)CC(SCCO)C2=O)c1. The Morgan fingerprint density at radius 1 is 1.43 bits per heavy atom. The Balaban J connectivity index is 2.06. The lowest BCUT2D eigenvalue weighted by atomic mass is 10.3. The van der Waals surface area contributed by atoms with Gasteiger partial charge in [-0.25, -0.2) is 4.90 Å². The van der Waals surface area contributed by atoms with Gasteiger partial charge in [0.15, 0.2) is 0 Å². The average molecular weight is 338 g/mol. The summed E-state index contributed by atoms with van der Waals surface area (Å²) < 4.78 is 5.58. The Morgan fingerprint density at radius 2 is 2.22 bits per heavy atom. The lowest BCUT2D eigenvalue weighted by Gasteiger charge is -2.16. The smallest absolute Gasteiger partial charge is 0.247 e. The van der Waals surface area contributed by atoms with Crippen LogP contribution in [-0.2, 0) is 9.59 Å². The van der Waals surface area contributed by atoms with Crippen molar-refractivity contribution in [3.05, 3.63) is 24.3 Å². The van der Waals surface area contributed by atoms with Crippen molar-refractivity contribution in [2.75, 3.05) is 24.0 Å². The monoisotopic (exact) mass is 338 g/mol. The maximum absolute atomic E-state index is 12.4. The van der Waals surface area contributed by atoms with Crippen LogP contribution in [0.4, 0.5) is 5.69 Å². The zero-order chi connectivity index (χ0) is 16.8. The van der Waals surface area contributed by atoms with Crippen molar-refractivity contribution in [2.24, 2.45) is 0 Å². The zero-order valence-electron chi connectivity index (χ0n) is 13.3. The summed E-state index contributed by atoms with van der Waals surface area (Å²) >= 11 is 1.31. The van der Waals surface area contributed by atoms with Gasteiger partial charge in [-0.2, -0.15) is 0 Å². The van der Waals surface area contributed by atoms with E-state index in [-0.39, 0.29) is 24.8 Å². The molecular weight excluding hydrogens is 316 g/mol. The minimum Gasteiger partial charge on any atom is -0.478 e. The molecule has 2 amide bonds. The van der Waals surface area contributed by atoms with Gasteiger partial charge in [0.2, 0.25) is 11.8 Å². The molecule has 1 aromatic carbocycles. The van der Waals surface area contributed by atoms with Gasteiger partial charge in [-0.15, -0.1) is 11.8 Å². The number of imide groups is 1. The normalized spacial score (nSPS) is 18.1. The van der Waals surface area contributed by atoms with E-state index in [0.717, 1.165) is 0 Å². The zero-order valence-corrected chi connectivity index (χ0v) is 14.1. The highest BCUT2D eigenvalue weighted by Crippen LogP contribution is 2.31. The molecular formula is C16H22N2O4S. The highest BCUT2D eigenvalue weighted by Gasteiger charge is 2.39. The average Bonchev–Trinajstić information content (AvgIpc) is 2.79. The molecule has 23 heavy (non-hydrogen) atoms. The molecule has 1 aliphatic rings. The molecule has 7 heteroatoms. The number of thioether (sulfide) groups is 1. The number of carbonyl (C=O) groups excluding carboxylic acids is 2. The maximum Gasteiger partial charge on any atom is 0.247 e. The molecule has 0 bridgehead atoms. The third-order valence-corrected chi connectivity index (χ3v) is 4.51. The number of hydrogen-bond donors (Lipinski definition) is 2. The molecule has 1 unspecified atom stereocenters. The van der Waals surface area contributed by atoms with E-state index < -0.39 is 5.25 Å². The van der Waals surface area contributed by atoms with Crippen molar-refractivity contribution in [1.82, 2.24) is 5.32 Å². The van der Waals surface area contributed by atoms with Gasteiger partial charge < -0.3 is 9.84 Å². The number of rotatable bonds is 8. The molecule has 1 heterocycles. The molecule has 1 aliphatic heterocycles. The summed E-state index contributed by atoms with van der Waals surface area (Å²) in [5.41, 5.74) is 0.522. The number of anilines is 1. The standard InChI is InChI=1S/C16H22N2O4S/c1-11(2)17-10-22-13-5-3-4-12(8-13)18-15(20)9-14(16(18)21)23-7-6-19/h3-5,8,11,14,17,19H,6-7,9-10H2,1-2H3. The molecule has 1 atom stereocenters. The quantitative estimate of drug-likeness (QED) is 0.551. The molecule has 2 N–H and O–H groups in total. The summed E-state index contributed by atoms with van der Waals surface area (Å²) in [4.78, 5) is 25.7. The van der Waals surface area contributed by atoms with E-state index in [0.29, 0.717) is 30.0 Å². The highest BCUT2D eigenvalue weighted by atomic mass is 32.2. The lowest BCUT2D eigenvalue weighted by Crippen LogP contribution is -2.31. The number of aliphatic hydroxyl groups excluding tert-OH is 1. The van der Waals surface area contributed by atoms with E-state index in [1.54, 1.807) is 24.3 Å². The first-order valence-electron chi connectivity index (χ1n) is 7.58. The fourth-order valence-corrected chi connectivity index (χ4v) is 3.10. The van der Waals surface area contributed by atoms with Gasteiger partial charge in [0.25, 0.3) is 0 Å². The summed E-state index contributed by atoms with van der Waals surface area (Å²) in [5.74, 6) is 0.596. The second-order valence-electron chi connectivity index (χ2n) is 5.50. The van der Waals surface area contributed by atoms with E-state index in [1.807, 2.05) is 13.8 Å². The number of benzene rings is 1. The Hall–Kier alpha value is -1.57. The number of nitrogens with zero attached hydrogens (tertiary/aromatic N) is 1. The molecule has 0 aliphatic carbocycles. The van der Waals surface area contributed by atoms with Gasteiger partial charge in [-0.05, 0) is 26.0 Å². The van der Waals surface area contributed by atoms with Crippen LogP contribution in [0.2, 0.25) is 0 Å². The van der Waals surface area contributed by atoms with Crippen LogP contribution in [0.25, 0.3) is 0 Å². The highest BCUT2D eigenvalue weighted by molar-refractivity contribution is 8.00. The third kappa shape index (κ3) is 4.70. The fraction of sp³-hybridized carbons (Fsp3) is 0.500. The molecule has 1 saturated heterocycles. The van der Waals surface area contributed by atoms with Gasteiger partial charge >= 0.3 is 0 Å². The number of nitrogens with one attached hydrogen (secondary N) is 1. The van der Waals surface area contributed by atoms with Gasteiger partial charge in [0.05, 0.1) is 17.5 Å². The van der Waals surface area contributed by atoms with Crippen LogP contribution in [0.3, 0.4) is 0 Å². The Bertz CT molecular complexity index is 565. The number of aliphatic hydroxyl groups is 1. The van der Waals surface area contributed by atoms with Crippen LogP contribution in [0.15, 0.2) is 24.3 Å². The summed E-state index contributed by atoms with van der Waals surface area (Å²) in [6.07, 6.45) is 0.170. The maximum atomic E-state index is 12.4. The molecule has 0 spiro atoms. The van der Waals surface area contributed by atoms with Gasteiger partial charge in [0.1, 0.15) is 12.5 Å². The Morgan fingerprint density at radius 3 is 2.91 bits per heavy atom. The van der Waals surface area contributed by atoms with E-state index in [2.05, 4.69) is 5.32 Å². The summed E-state index contributed by atoms with van der Waals surface area (Å²) in [7, 11) is 0. The van der Waals surface area contributed by atoms with E-state index in [1.165, 1.54) is 16.7 Å². The minimum absolute atomic E-state index is 0.00515. The summed E-state index contributed by atoms with van der Waals surface area (Å²) in [5, 5.41) is 11.6. The number of ether oxygens (including phenoxy) is 1. The van der Waals surface area contributed by atoms with Crippen molar-refractivity contribution in [2.45, 2.75) is 31.6 Å². The second kappa shape index (κ2) is 8.33. The van der Waals surface area contributed by atoms with Crippen molar-refractivity contribution >= 4 is 29.3 Å². The Kier molecular flexibility index (Phi) is 6.44. The molecule has 1 fully saturated rings. The summed E-state index contributed by atoms with van der Waals surface area (Å²) in [6.45, 7) is 4.39. The van der Waals surface area contributed by atoms with Crippen LogP contribution in [0.5, 0.6) is 5.75 Å². The fourth-order valence-electron chi connectivity index (χ4n) is 2.20. The third-order valence-electron chi connectivity index (χ3n) is 3.32. The van der Waals surface area contributed by atoms with Gasteiger partial charge in [0, 0.05) is 24.3 Å². The van der Waals surface area contributed by atoms with E-state index >= 15 is 0 Å². The van der Waals surface area contributed by atoms with E-state index in [4.69, 9.17) is 9.84 Å². The molecule has 0 radical (unpaired) electrons. The van der Waals surface area contributed by atoms with Gasteiger partial charge in [-0.1, -0.05) is 6.07 Å². The molecule has 2 rings (SSSR count). The first kappa shape index (κ1) is 17.8. The van der Waals surface area contributed by atoms with Crippen LogP contribution >= 0.6 is 11.8 Å².